The van der Waals surface area contributed by atoms with Gasteiger partial charge in [-0.2, -0.15) is 11.3 Å². The monoisotopic (exact) mass is 424 g/mol. The van der Waals surface area contributed by atoms with Gasteiger partial charge in [0, 0.05) is 50.0 Å². The molecule has 5 rings (SSSR count). The van der Waals surface area contributed by atoms with Gasteiger partial charge in [0.1, 0.15) is 5.75 Å². The number of benzene rings is 1. The number of thiophene rings is 1. The molecule has 1 amide bonds. The highest BCUT2D eigenvalue weighted by molar-refractivity contribution is 7.08. The summed E-state index contributed by atoms with van der Waals surface area (Å²) in [5.74, 6) is 2.65. The van der Waals surface area contributed by atoms with Gasteiger partial charge in [-0.05, 0) is 59.3 Å². The quantitative estimate of drug-likeness (QED) is 0.694. The maximum absolute atomic E-state index is 13.4. The van der Waals surface area contributed by atoms with E-state index in [9.17, 15) is 4.79 Å². The van der Waals surface area contributed by atoms with E-state index in [0.29, 0.717) is 23.8 Å². The summed E-state index contributed by atoms with van der Waals surface area (Å²) < 4.78 is 5.41. The summed E-state index contributed by atoms with van der Waals surface area (Å²) in [4.78, 5) is 18.2. The van der Waals surface area contributed by atoms with Gasteiger partial charge in [0.2, 0.25) is 5.91 Å². The van der Waals surface area contributed by atoms with Crippen LogP contribution in [0.5, 0.6) is 5.75 Å². The molecular weight excluding hydrogens is 392 g/mol. The molecule has 2 aromatic rings. The van der Waals surface area contributed by atoms with Crippen molar-refractivity contribution in [3.8, 4) is 5.75 Å². The van der Waals surface area contributed by atoms with Crippen molar-refractivity contribution >= 4 is 17.2 Å². The van der Waals surface area contributed by atoms with Crippen LogP contribution in [0.1, 0.15) is 49.1 Å². The molecule has 0 spiro atoms. The number of likely N-dealkylation sites (tertiary alicyclic amines) is 2. The molecule has 30 heavy (non-hydrogen) atoms. The summed E-state index contributed by atoms with van der Waals surface area (Å²) >= 11 is 1.78. The molecule has 0 bridgehead atoms. The van der Waals surface area contributed by atoms with Crippen LogP contribution in [0.25, 0.3) is 0 Å². The topological polar surface area (TPSA) is 32.8 Å². The van der Waals surface area contributed by atoms with Crippen molar-refractivity contribution in [3.63, 3.8) is 0 Å². The van der Waals surface area contributed by atoms with E-state index in [0.717, 1.165) is 51.2 Å². The first kappa shape index (κ1) is 20.1. The number of methoxy groups -OCH3 is 1. The lowest BCUT2D eigenvalue weighted by Gasteiger charge is -2.39. The second-order valence-electron chi connectivity index (χ2n) is 9.24. The molecule has 160 valence electrons. The van der Waals surface area contributed by atoms with Gasteiger partial charge in [0.15, 0.2) is 0 Å². The molecule has 0 N–H and O–H groups in total. The molecule has 3 aliphatic rings. The minimum Gasteiger partial charge on any atom is -0.497 e. The predicted molar refractivity (Wildman–Crippen MR) is 121 cm³/mol. The Kier molecular flexibility index (Phi) is 5.83. The molecule has 1 aromatic carbocycles. The van der Waals surface area contributed by atoms with Crippen molar-refractivity contribution in [1.29, 1.82) is 0 Å². The fourth-order valence-corrected chi connectivity index (χ4v) is 6.70. The minimum atomic E-state index is 0.279. The van der Waals surface area contributed by atoms with Gasteiger partial charge < -0.3 is 9.64 Å². The van der Waals surface area contributed by atoms with E-state index in [-0.39, 0.29) is 5.92 Å². The molecule has 1 saturated carbocycles. The molecule has 5 heteroatoms. The fraction of sp³-hybridized carbons (Fsp3) is 0.560. The Morgan fingerprint density at radius 3 is 2.80 bits per heavy atom. The number of hydrogen-bond acceptors (Lipinski definition) is 4. The number of ether oxygens (including phenoxy) is 1. The summed E-state index contributed by atoms with van der Waals surface area (Å²) in [6, 6.07) is 11.1. The SMILES string of the molecule is COc1cccc(CN2CC[C@H]3[C@@H](C2)[C@H](c2ccsc2)CN3C(=O)C2CCCC2)c1. The van der Waals surface area contributed by atoms with Crippen molar-refractivity contribution in [1.82, 2.24) is 9.80 Å². The number of fused-ring (bicyclic) bond motifs is 1. The van der Waals surface area contributed by atoms with Gasteiger partial charge in [0.25, 0.3) is 0 Å². The molecule has 3 heterocycles. The van der Waals surface area contributed by atoms with Crippen molar-refractivity contribution < 1.29 is 9.53 Å². The molecule has 4 nitrogen and oxygen atoms in total. The number of piperidine rings is 1. The van der Waals surface area contributed by atoms with Gasteiger partial charge in [-0.25, -0.2) is 0 Å². The lowest BCUT2D eigenvalue weighted by atomic mass is 9.82. The standard InChI is InChI=1S/C25H32N2O2S/c1-29-21-8-4-5-18(13-21)14-26-11-9-24-23(15-26)22(20-10-12-30-17-20)16-27(24)25(28)19-6-2-3-7-19/h4-5,8,10,12-13,17,19,22-24H,2-3,6-7,9,11,14-16H2,1H3/t22-,23-,24-/m0/s1. The molecule has 3 fully saturated rings. The molecule has 0 unspecified atom stereocenters. The van der Waals surface area contributed by atoms with Gasteiger partial charge in [-0.3, -0.25) is 9.69 Å². The smallest absolute Gasteiger partial charge is 0.225 e. The van der Waals surface area contributed by atoms with Crippen LogP contribution in [0.2, 0.25) is 0 Å². The number of carbonyl (C=O) groups excluding carboxylic acids is 1. The fourth-order valence-electron chi connectivity index (χ4n) is 5.98. The van der Waals surface area contributed by atoms with E-state index in [1.54, 1.807) is 18.4 Å². The first-order chi connectivity index (χ1) is 14.7. The van der Waals surface area contributed by atoms with Crippen molar-refractivity contribution in [2.45, 2.75) is 50.6 Å². The maximum atomic E-state index is 13.4. The van der Waals surface area contributed by atoms with Gasteiger partial charge >= 0.3 is 0 Å². The van der Waals surface area contributed by atoms with E-state index in [4.69, 9.17) is 4.74 Å². The number of carbonyl (C=O) groups is 1. The zero-order valence-corrected chi connectivity index (χ0v) is 18.7. The lowest BCUT2D eigenvalue weighted by molar-refractivity contribution is -0.137. The molecular formula is C25H32N2O2S. The predicted octanol–water partition coefficient (Wildman–Crippen LogP) is 4.76. The molecule has 2 aliphatic heterocycles. The molecule has 1 aliphatic carbocycles. The van der Waals surface area contributed by atoms with E-state index >= 15 is 0 Å². The molecule has 0 radical (unpaired) electrons. The highest BCUT2D eigenvalue weighted by atomic mass is 32.1. The highest BCUT2D eigenvalue weighted by Crippen LogP contribution is 2.44. The van der Waals surface area contributed by atoms with Gasteiger partial charge in [0.05, 0.1) is 7.11 Å². The van der Waals surface area contributed by atoms with Crippen LogP contribution in [0.4, 0.5) is 0 Å². The Bertz CT molecular complexity index is 862. The van der Waals surface area contributed by atoms with Crippen molar-refractivity contribution in [3.05, 3.63) is 52.2 Å². The average Bonchev–Trinajstić information content (AvgIpc) is 3.53. The van der Waals surface area contributed by atoms with E-state index in [1.165, 1.54) is 24.0 Å². The number of hydrogen-bond donors (Lipinski definition) is 0. The summed E-state index contributed by atoms with van der Waals surface area (Å²) in [6.45, 7) is 3.99. The van der Waals surface area contributed by atoms with Crippen LogP contribution in [0, 0.1) is 11.8 Å². The Morgan fingerprint density at radius 1 is 1.17 bits per heavy atom. The zero-order valence-electron chi connectivity index (χ0n) is 17.8. The van der Waals surface area contributed by atoms with Crippen molar-refractivity contribution in [2.75, 3.05) is 26.7 Å². The van der Waals surface area contributed by atoms with Crippen LogP contribution < -0.4 is 4.74 Å². The second kappa shape index (κ2) is 8.72. The van der Waals surface area contributed by atoms with Gasteiger partial charge in [-0.1, -0.05) is 25.0 Å². The van der Waals surface area contributed by atoms with Crippen LogP contribution in [-0.2, 0) is 11.3 Å². The average molecular weight is 425 g/mol. The first-order valence-electron chi connectivity index (χ1n) is 11.4. The molecule has 1 aromatic heterocycles. The van der Waals surface area contributed by atoms with E-state index in [2.05, 4.69) is 44.8 Å². The number of rotatable bonds is 5. The molecule has 3 atom stereocenters. The zero-order chi connectivity index (χ0) is 20.5. The van der Waals surface area contributed by atoms with Crippen LogP contribution in [-0.4, -0.2) is 48.5 Å². The van der Waals surface area contributed by atoms with Gasteiger partial charge in [-0.15, -0.1) is 0 Å². The van der Waals surface area contributed by atoms with Crippen molar-refractivity contribution in [2.24, 2.45) is 11.8 Å². The Balaban J connectivity index is 1.34. The number of nitrogens with zero attached hydrogens (tertiary/aromatic N) is 2. The van der Waals surface area contributed by atoms with Crippen LogP contribution >= 0.6 is 11.3 Å². The third-order valence-corrected chi connectivity index (χ3v) is 8.22. The summed E-state index contributed by atoms with van der Waals surface area (Å²) in [5.41, 5.74) is 2.73. The summed E-state index contributed by atoms with van der Waals surface area (Å²) in [5, 5.41) is 4.48. The van der Waals surface area contributed by atoms with E-state index < -0.39 is 0 Å². The Labute approximate surface area is 183 Å². The van der Waals surface area contributed by atoms with E-state index in [1.807, 2.05) is 6.07 Å². The summed E-state index contributed by atoms with van der Waals surface area (Å²) in [6.07, 6.45) is 5.73. The molecule has 2 saturated heterocycles. The lowest BCUT2D eigenvalue weighted by Crippen LogP contribution is -2.48. The van der Waals surface area contributed by atoms with Crippen LogP contribution in [0.3, 0.4) is 0 Å². The highest BCUT2D eigenvalue weighted by Gasteiger charge is 2.48. The summed E-state index contributed by atoms with van der Waals surface area (Å²) in [7, 11) is 1.73. The first-order valence-corrected chi connectivity index (χ1v) is 12.3. The normalized spacial score (nSPS) is 27.4. The maximum Gasteiger partial charge on any atom is 0.225 e. The Morgan fingerprint density at radius 2 is 2.03 bits per heavy atom. The third kappa shape index (κ3) is 3.90. The Hall–Kier alpha value is -1.85. The minimum absolute atomic E-state index is 0.279. The largest absolute Gasteiger partial charge is 0.497 e. The van der Waals surface area contributed by atoms with Crippen LogP contribution in [0.15, 0.2) is 41.1 Å². The second-order valence-corrected chi connectivity index (χ2v) is 10.0. The number of amides is 1. The third-order valence-electron chi connectivity index (χ3n) is 7.51.